The van der Waals surface area contributed by atoms with E-state index in [1.165, 1.54) is 5.56 Å². The van der Waals surface area contributed by atoms with Crippen LogP contribution in [0.5, 0.6) is 0 Å². The van der Waals surface area contributed by atoms with E-state index in [-0.39, 0.29) is 5.60 Å². The molecule has 2 atom stereocenters. The van der Waals surface area contributed by atoms with Gasteiger partial charge in [0.05, 0.1) is 12.8 Å². The summed E-state index contributed by atoms with van der Waals surface area (Å²) < 4.78 is 7.92. The predicted molar refractivity (Wildman–Crippen MR) is 82.9 cm³/mol. The van der Waals surface area contributed by atoms with Gasteiger partial charge >= 0.3 is 0 Å². The monoisotopic (exact) mass is 285 g/mol. The first-order valence-electron chi connectivity index (χ1n) is 7.50. The van der Waals surface area contributed by atoms with Crippen molar-refractivity contribution in [3.8, 4) is 0 Å². The van der Waals surface area contributed by atoms with Crippen molar-refractivity contribution in [1.29, 1.82) is 0 Å². The first-order valence-corrected chi connectivity index (χ1v) is 7.50. The zero-order chi connectivity index (χ0) is 14.9. The maximum atomic E-state index is 6.09. The summed E-state index contributed by atoms with van der Waals surface area (Å²) >= 11 is 0. The number of benzene rings is 1. The van der Waals surface area contributed by atoms with Crippen LogP contribution in [0.4, 0.5) is 0 Å². The number of hydrogen-bond donors (Lipinski definition) is 0. The van der Waals surface area contributed by atoms with Crippen LogP contribution in [0.25, 0.3) is 0 Å². The summed E-state index contributed by atoms with van der Waals surface area (Å²) in [6.45, 7) is 7.03. The maximum absolute atomic E-state index is 6.09. The van der Waals surface area contributed by atoms with Gasteiger partial charge in [0.15, 0.2) is 0 Å². The van der Waals surface area contributed by atoms with Crippen LogP contribution in [0, 0.1) is 0 Å². The number of aryl methyl sites for hydroxylation is 1. The van der Waals surface area contributed by atoms with E-state index in [1.54, 1.807) is 0 Å². The number of morpholine rings is 1. The molecule has 1 fully saturated rings. The van der Waals surface area contributed by atoms with E-state index in [0.29, 0.717) is 6.04 Å². The Balaban J connectivity index is 1.79. The smallest absolute Gasteiger partial charge is 0.106 e. The zero-order valence-corrected chi connectivity index (χ0v) is 13.0. The van der Waals surface area contributed by atoms with Crippen LogP contribution in [0.3, 0.4) is 0 Å². The second-order valence-electron chi connectivity index (χ2n) is 6.04. The van der Waals surface area contributed by atoms with Gasteiger partial charge in [-0.2, -0.15) is 5.10 Å². The number of nitrogens with zero attached hydrogens (tertiary/aromatic N) is 3. The van der Waals surface area contributed by atoms with Crippen LogP contribution in [0.15, 0.2) is 42.7 Å². The standard InChI is InChI=1S/C17H23N3O/c1-14(15-7-5-4-6-8-15)20-9-10-21-17(2,13-20)16-11-18-19(3)12-16/h4-8,11-12,14H,9-10,13H2,1-3H3. The van der Waals surface area contributed by atoms with E-state index in [0.717, 1.165) is 25.3 Å². The number of rotatable bonds is 3. The molecular formula is C17H23N3O. The fourth-order valence-corrected chi connectivity index (χ4v) is 3.04. The van der Waals surface area contributed by atoms with Crippen LogP contribution in [0.2, 0.25) is 0 Å². The molecule has 1 aromatic carbocycles. The second kappa shape index (κ2) is 5.62. The lowest BCUT2D eigenvalue weighted by atomic mass is 9.95. The van der Waals surface area contributed by atoms with E-state index in [9.17, 15) is 0 Å². The molecule has 0 radical (unpaired) electrons. The van der Waals surface area contributed by atoms with Crippen molar-refractivity contribution in [2.45, 2.75) is 25.5 Å². The van der Waals surface area contributed by atoms with E-state index >= 15 is 0 Å². The minimum Gasteiger partial charge on any atom is -0.368 e. The maximum Gasteiger partial charge on any atom is 0.106 e. The summed E-state index contributed by atoms with van der Waals surface area (Å²) in [6, 6.07) is 11.1. The molecule has 0 amide bonds. The number of aromatic nitrogens is 2. The summed E-state index contributed by atoms with van der Waals surface area (Å²) in [5.41, 5.74) is 2.22. The molecular weight excluding hydrogens is 262 g/mol. The summed E-state index contributed by atoms with van der Waals surface area (Å²) in [5, 5.41) is 4.28. The van der Waals surface area contributed by atoms with Crippen LogP contribution in [0.1, 0.15) is 31.0 Å². The molecule has 0 spiro atoms. The number of hydrogen-bond acceptors (Lipinski definition) is 3. The molecule has 112 valence electrons. The van der Waals surface area contributed by atoms with Gasteiger partial charge in [0.25, 0.3) is 0 Å². The van der Waals surface area contributed by atoms with Gasteiger partial charge in [-0.3, -0.25) is 9.58 Å². The fraction of sp³-hybridized carbons (Fsp3) is 0.471. The van der Waals surface area contributed by atoms with E-state index in [2.05, 4.69) is 60.4 Å². The van der Waals surface area contributed by atoms with Gasteiger partial charge in [-0.15, -0.1) is 0 Å². The Kier molecular flexibility index (Phi) is 3.83. The Hall–Kier alpha value is -1.65. The third kappa shape index (κ3) is 2.87. The lowest BCUT2D eigenvalue weighted by Crippen LogP contribution is -2.48. The highest BCUT2D eigenvalue weighted by Gasteiger charge is 2.36. The molecule has 0 saturated carbocycles. The quantitative estimate of drug-likeness (QED) is 0.868. The van der Waals surface area contributed by atoms with Gasteiger partial charge < -0.3 is 4.74 Å². The molecule has 0 aliphatic carbocycles. The average molecular weight is 285 g/mol. The van der Waals surface area contributed by atoms with Crippen molar-refractivity contribution >= 4 is 0 Å². The highest BCUT2D eigenvalue weighted by Crippen LogP contribution is 2.33. The molecule has 1 aliphatic rings. The molecule has 1 aromatic heterocycles. The Morgan fingerprint density at radius 2 is 2.05 bits per heavy atom. The topological polar surface area (TPSA) is 30.3 Å². The molecule has 2 unspecified atom stereocenters. The summed E-state index contributed by atoms with van der Waals surface area (Å²) in [5.74, 6) is 0. The van der Waals surface area contributed by atoms with Crippen LogP contribution >= 0.6 is 0 Å². The summed E-state index contributed by atoms with van der Waals surface area (Å²) in [4.78, 5) is 2.49. The molecule has 3 rings (SSSR count). The predicted octanol–water partition coefficient (Wildman–Crippen LogP) is 2.73. The zero-order valence-electron chi connectivity index (χ0n) is 13.0. The van der Waals surface area contributed by atoms with Crippen molar-refractivity contribution in [3.63, 3.8) is 0 Å². The Morgan fingerprint density at radius 3 is 2.71 bits per heavy atom. The molecule has 4 heteroatoms. The highest BCUT2D eigenvalue weighted by molar-refractivity contribution is 5.20. The molecule has 4 nitrogen and oxygen atoms in total. The normalized spacial score (nSPS) is 24.9. The summed E-state index contributed by atoms with van der Waals surface area (Å²) in [7, 11) is 1.94. The molecule has 2 aromatic rings. The second-order valence-corrected chi connectivity index (χ2v) is 6.04. The fourth-order valence-electron chi connectivity index (χ4n) is 3.04. The third-order valence-corrected chi connectivity index (χ3v) is 4.45. The Bertz CT molecular complexity index is 595. The van der Waals surface area contributed by atoms with Crippen molar-refractivity contribution in [2.24, 2.45) is 7.05 Å². The minimum absolute atomic E-state index is 0.282. The first-order chi connectivity index (χ1) is 10.1. The lowest BCUT2D eigenvalue weighted by molar-refractivity contribution is -0.112. The van der Waals surface area contributed by atoms with Gasteiger partial charge in [0, 0.05) is 37.9 Å². The Labute approximate surface area is 126 Å². The lowest BCUT2D eigenvalue weighted by Gasteiger charge is -2.42. The van der Waals surface area contributed by atoms with Gasteiger partial charge in [0.2, 0.25) is 0 Å². The molecule has 1 aliphatic heterocycles. The van der Waals surface area contributed by atoms with Gasteiger partial charge in [-0.05, 0) is 19.4 Å². The van der Waals surface area contributed by atoms with Crippen LogP contribution in [-0.4, -0.2) is 34.4 Å². The molecule has 0 bridgehead atoms. The van der Waals surface area contributed by atoms with Crippen molar-refractivity contribution in [1.82, 2.24) is 14.7 Å². The molecule has 0 N–H and O–H groups in total. The average Bonchev–Trinajstić information content (AvgIpc) is 2.95. The van der Waals surface area contributed by atoms with Gasteiger partial charge in [0.1, 0.15) is 5.60 Å². The van der Waals surface area contributed by atoms with Crippen molar-refractivity contribution in [3.05, 3.63) is 53.9 Å². The Morgan fingerprint density at radius 1 is 1.29 bits per heavy atom. The minimum atomic E-state index is -0.282. The van der Waals surface area contributed by atoms with E-state index < -0.39 is 0 Å². The van der Waals surface area contributed by atoms with Gasteiger partial charge in [-0.25, -0.2) is 0 Å². The molecule has 2 heterocycles. The van der Waals surface area contributed by atoms with Crippen molar-refractivity contribution < 1.29 is 4.74 Å². The SMILES string of the molecule is CC(c1ccccc1)N1CCOC(C)(c2cnn(C)c2)C1. The van der Waals surface area contributed by atoms with E-state index in [4.69, 9.17) is 4.74 Å². The molecule has 21 heavy (non-hydrogen) atoms. The highest BCUT2D eigenvalue weighted by atomic mass is 16.5. The van der Waals surface area contributed by atoms with Crippen LogP contribution < -0.4 is 0 Å². The summed E-state index contributed by atoms with van der Waals surface area (Å²) in [6.07, 6.45) is 3.97. The molecule has 1 saturated heterocycles. The first kappa shape index (κ1) is 14.3. The number of ether oxygens (including phenoxy) is 1. The van der Waals surface area contributed by atoms with Crippen LogP contribution in [-0.2, 0) is 17.4 Å². The largest absolute Gasteiger partial charge is 0.368 e. The van der Waals surface area contributed by atoms with E-state index in [1.807, 2.05) is 17.9 Å². The van der Waals surface area contributed by atoms with Crippen molar-refractivity contribution in [2.75, 3.05) is 19.7 Å². The van der Waals surface area contributed by atoms with Gasteiger partial charge in [-0.1, -0.05) is 30.3 Å². The third-order valence-electron chi connectivity index (χ3n) is 4.45.